The first-order valence-electron chi connectivity index (χ1n) is 8.31. The van der Waals surface area contributed by atoms with E-state index in [2.05, 4.69) is 10.3 Å². The number of nitrogens with one attached hydrogen (secondary N) is 2. The van der Waals surface area contributed by atoms with Gasteiger partial charge in [0.2, 0.25) is 0 Å². The summed E-state index contributed by atoms with van der Waals surface area (Å²) in [6.07, 6.45) is 0. The Balaban J connectivity index is 2.03. The Labute approximate surface area is 174 Å². The van der Waals surface area contributed by atoms with E-state index in [1.165, 1.54) is 23.5 Å². The van der Waals surface area contributed by atoms with Crippen LogP contribution in [0.15, 0.2) is 32.8 Å². The van der Waals surface area contributed by atoms with E-state index in [4.69, 9.17) is 4.74 Å². The molecule has 0 aliphatic rings. The van der Waals surface area contributed by atoms with E-state index < -0.39 is 29.4 Å². The van der Waals surface area contributed by atoms with Crippen molar-refractivity contribution in [2.45, 2.75) is 36.0 Å². The number of urea groups is 1. The second-order valence-corrected chi connectivity index (χ2v) is 8.20. The molecular weight excluding hydrogens is 420 g/mol. The van der Waals surface area contributed by atoms with Crippen molar-refractivity contribution in [1.82, 2.24) is 15.6 Å². The highest BCUT2D eigenvalue weighted by Crippen LogP contribution is 2.36. The summed E-state index contributed by atoms with van der Waals surface area (Å²) in [6, 6.07) is 2.98. The number of imide groups is 1. The molecule has 0 saturated heterocycles. The average molecular weight is 438 g/mol. The van der Waals surface area contributed by atoms with Crippen LogP contribution in [0, 0.1) is 17.0 Å². The van der Waals surface area contributed by atoms with Gasteiger partial charge in [0.1, 0.15) is 0 Å². The first kappa shape index (κ1) is 22.3. The quantitative estimate of drug-likeness (QED) is 0.382. The number of ether oxygens (including phenoxy) is 1. The maximum Gasteiger partial charge on any atom is 0.338 e. The third kappa shape index (κ3) is 6.84. The van der Waals surface area contributed by atoms with Crippen LogP contribution in [0.2, 0.25) is 0 Å². The lowest BCUT2D eigenvalue weighted by Crippen LogP contribution is -2.44. The highest BCUT2D eigenvalue weighted by Gasteiger charge is 2.21. The molecule has 0 unspecified atom stereocenters. The third-order valence-corrected chi connectivity index (χ3v) is 5.32. The molecule has 2 rings (SSSR count). The number of carbonyl (C=O) groups excluding carboxylic acids is 3. The van der Waals surface area contributed by atoms with Crippen LogP contribution < -0.4 is 10.6 Å². The van der Waals surface area contributed by atoms with E-state index in [9.17, 15) is 24.5 Å². The monoisotopic (exact) mass is 438 g/mol. The van der Waals surface area contributed by atoms with Crippen molar-refractivity contribution in [2.75, 3.05) is 6.61 Å². The zero-order valence-electron chi connectivity index (χ0n) is 15.8. The zero-order chi connectivity index (χ0) is 21.6. The van der Waals surface area contributed by atoms with Crippen molar-refractivity contribution in [2.24, 2.45) is 0 Å². The SMILES string of the molecule is Cc1csc(Sc2ccc(C(=O)OCC(=O)NC(=O)NC(C)C)cc2[N+](=O)[O-])n1. The van der Waals surface area contributed by atoms with E-state index in [0.29, 0.717) is 9.24 Å². The van der Waals surface area contributed by atoms with Gasteiger partial charge >= 0.3 is 12.0 Å². The lowest BCUT2D eigenvalue weighted by atomic mass is 10.2. The molecular formula is C17H18N4O6S2. The number of aromatic nitrogens is 1. The Hall–Kier alpha value is -2.99. The van der Waals surface area contributed by atoms with Crippen molar-refractivity contribution in [3.63, 3.8) is 0 Å². The molecule has 0 aliphatic carbocycles. The van der Waals surface area contributed by atoms with Crippen LogP contribution in [0.5, 0.6) is 0 Å². The maximum absolute atomic E-state index is 12.1. The number of nitrogens with zero attached hydrogens (tertiary/aromatic N) is 2. The van der Waals surface area contributed by atoms with E-state index in [1.54, 1.807) is 13.8 Å². The number of hydrogen-bond donors (Lipinski definition) is 2. The fourth-order valence-corrected chi connectivity index (χ4v) is 3.90. The molecule has 0 aliphatic heterocycles. The summed E-state index contributed by atoms with van der Waals surface area (Å²) in [4.78, 5) is 50.5. The molecule has 0 fully saturated rings. The number of amides is 3. The number of esters is 1. The molecule has 29 heavy (non-hydrogen) atoms. The summed E-state index contributed by atoms with van der Waals surface area (Å²) in [6.45, 7) is 4.55. The van der Waals surface area contributed by atoms with E-state index in [1.807, 2.05) is 17.6 Å². The van der Waals surface area contributed by atoms with Crippen molar-refractivity contribution in [3.05, 3.63) is 45.0 Å². The van der Waals surface area contributed by atoms with Gasteiger partial charge in [-0.15, -0.1) is 11.3 Å². The van der Waals surface area contributed by atoms with Crippen LogP contribution in [0.4, 0.5) is 10.5 Å². The maximum atomic E-state index is 12.1. The minimum Gasteiger partial charge on any atom is -0.452 e. The number of rotatable bonds is 7. The van der Waals surface area contributed by atoms with Crippen molar-refractivity contribution in [1.29, 1.82) is 0 Å². The fraction of sp³-hybridized carbons (Fsp3) is 0.294. The lowest BCUT2D eigenvalue weighted by molar-refractivity contribution is -0.387. The second kappa shape index (κ2) is 9.98. The zero-order valence-corrected chi connectivity index (χ0v) is 17.4. The fourth-order valence-electron chi connectivity index (χ4n) is 2.02. The van der Waals surface area contributed by atoms with Crippen LogP contribution in [0.3, 0.4) is 0 Å². The molecule has 2 N–H and O–H groups in total. The summed E-state index contributed by atoms with van der Waals surface area (Å²) in [5.74, 6) is -1.74. The normalized spacial score (nSPS) is 10.5. The molecule has 1 heterocycles. The van der Waals surface area contributed by atoms with Gasteiger partial charge in [0.15, 0.2) is 10.9 Å². The number of benzene rings is 1. The van der Waals surface area contributed by atoms with Gasteiger partial charge < -0.3 is 10.1 Å². The molecule has 0 radical (unpaired) electrons. The summed E-state index contributed by atoms with van der Waals surface area (Å²) in [5.41, 5.74) is 0.439. The molecule has 0 atom stereocenters. The van der Waals surface area contributed by atoms with Gasteiger partial charge in [0.25, 0.3) is 11.6 Å². The molecule has 3 amide bonds. The van der Waals surface area contributed by atoms with Crippen LogP contribution in [-0.2, 0) is 9.53 Å². The molecule has 154 valence electrons. The molecule has 10 nitrogen and oxygen atoms in total. The molecule has 1 aromatic carbocycles. The minimum atomic E-state index is -0.922. The summed E-state index contributed by atoms with van der Waals surface area (Å²) in [7, 11) is 0. The van der Waals surface area contributed by atoms with Crippen molar-refractivity contribution >= 4 is 46.7 Å². The highest BCUT2D eigenvalue weighted by molar-refractivity contribution is 8.01. The number of aryl methyl sites for hydroxylation is 1. The molecule has 12 heteroatoms. The number of hydrogen-bond acceptors (Lipinski definition) is 9. The first-order chi connectivity index (χ1) is 13.7. The van der Waals surface area contributed by atoms with Crippen molar-refractivity contribution < 1.29 is 24.0 Å². The summed E-state index contributed by atoms with van der Waals surface area (Å²) >= 11 is 2.47. The van der Waals surface area contributed by atoms with Gasteiger partial charge in [0, 0.05) is 23.2 Å². The van der Waals surface area contributed by atoms with Crippen LogP contribution >= 0.6 is 23.1 Å². The van der Waals surface area contributed by atoms with Crippen LogP contribution in [0.1, 0.15) is 29.9 Å². The number of nitro benzene ring substituents is 1. The number of nitro groups is 1. The number of carbonyl (C=O) groups is 3. The average Bonchev–Trinajstić information content (AvgIpc) is 3.03. The topological polar surface area (TPSA) is 141 Å². The van der Waals surface area contributed by atoms with E-state index in [-0.39, 0.29) is 17.3 Å². The second-order valence-electron chi connectivity index (χ2n) is 6.05. The van der Waals surface area contributed by atoms with E-state index in [0.717, 1.165) is 23.5 Å². The lowest BCUT2D eigenvalue weighted by Gasteiger charge is -2.09. The Morgan fingerprint density at radius 1 is 1.34 bits per heavy atom. The summed E-state index contributed by atoms with van der Waals surface area (Å²) < 4.78 is 5.46. The Bertz CT molecular complexity index is 944. The van der Waals surface area contributed by atoms with Gasteiger partial charge in [-0.2, -0.15) is 0 Å². The van der Waals surface area contributed by atoms with Gasteiger partial charge in [-0.25, -0.2) is 14.6 Å². The molecule has 0 spiro atoms. The third-order valence-electron chi connectivity index (χ3n) is 3.19. The van der Waals surface area contributed by atoms with Gasteiger partial charge in [-0.1, -0.05) is 11.8 Å². The summed E-state index contributed by atoms with van der Waals surface area (Å²) in [5, 5.41) is 17.7. The van der Waals surface area contributed by atoms with Gasteiger partial charge in [-0.05, 0) is 32.9 Å². The molecule has 0 saturated carbocycles. The minimum absolute atomic E-state index is 0.0872. The van der Waals surface area contributed by atoms with Gasteiger partial charge in [0.05, 0.1) is 15.4 Å². The highest BCUT2D eigenvalue weighted by atomic mass is 32.2. The predicted octanol–water partition coefficient (Wildman–Crippen LogP) is 2.90. The van der Waals surface area contributed by atoms with Crippen molar-refractivity contribution in [3.8, 4) is 0 Å². The van der Waals surface area contributed by atoms with E-state index >= 15 is 0 Å². The Morgan fingerprint density at radius 2 is 2.07 bits per heavy atom. The number of thiazole rings is 1. The van der Waals surface area contributed by atoms with Crippen LogP contribution in [-0.4, -0.2) is 40.5 Å². The Kier molecular flexibility index (Phi) is 7.67. The smallest absolute Gasteiger partial charge is 0.338 e. The largest absolute Gasteiger partial charge is 0.452 e. The molecule has 0 bridgehead atoms. The van der Waals surface area contributed by atoms with Gasteiger partial charge in [-0.3, -0.25) is 20.2 Å². The molecule has 1 aromatic heterocycles. The van der Waals surface area contributed by atoms with Crippen LogP contribution in [0.25, 0.3) is 0 Å². The first-order valence-corrected chi connectivity index (χ1v) is 10.0. The predicted molar refractivity (Wildman–Crippen MR) is 106 cm³/mol. The molecule has 2 aromatic rings. The standard InChI is InChI=1S/C17H18N4O6S2/c1-9(2)18-16(24)20-14(22)7-27-15(23)11-4-5-13(12(6-11)21(25)26)29-17-19-10(3)8-28-17/h4-6,8-9H,7H2,1-3H3,(H2,18,20,22,24). The Morgan fingerprint density at radius 3 is 2.66 bits per heavy atom.